The highest BCUT2D eigenvalue weighted by molar-refractivity contribution is 5.73. The van der Waals surface area contributed by atoms with Crippen molar-refractivity contribution in [3.63, 3.8) is 0 Å². The molecule has 0 fully saturated rings. The lowest BCUT2D eigenvalue weighted by Crippen LogP contribution is -2.29. The van der Waals surface area contributed by atoms with Crippen LogP contribution in [0.15, 0.2) is 60.7 Å². The van der Waals surface area contributed by atoms with Crippen molar-refractivity contribution >= 4 is 5.91 Å². The Morgan fingerprint density at radius 2 is 1.65 bits per heavy atom. The van der Waals surface area contributed by atoms with Gasteiger partial charge in [0.15, 0.2) is 0 Å². The summed E-state index contributed by atoms with van der Waals surface area (Å²) in [5, 5.41) is 2.92. The van der Waals surface area contributed by atoms with Crippen LogP contribution >= 0.6 is 0 Å². The van der Waals surface area contributed by atoms with E-state index in [0.717, 1.165) is 11.1 Å². The maximum atomic E-state index is 11.3. The van der Waals surface area contributed by atoms with Crippen molar-refractivity contribution < 1.29 is 9.53 Å². The summed E-state index contributed by atoms with van der Waals surface area (Å²) in [6, 6.07) is 19.8. The molecule has 2 aromatic carbocycles. The van der Waals surface area contributed by atoms with Gasteiger partial charge in [0.05, 0.1) is 19.3 Å². The van der Waals surface area contributed by atoms with Crippen molar-refractivity contribution in [3.8, 4) is 0 Å². The fourth-order valence-electron chi connectivity index (χ4n) is 2.02. The molecule has 3 heteroatoms. The Labute approximate surface area is 119 Å². The van der Waals surface area contributed by atoms with Gasteiger partial charge in [0, 0.05) is 6.92 Å². The predicted octanol–water partition coefficient (Wildman–Crippen LogP) is 3.08. The molecule has 0 radical (unpaired) electrons. The lowest BCUT2D eigenvalue weighted by molar-refractivity contribution is -0.120. The molecule has 0 spiro atoms. The molecule has 0 aliphatic heterocycles. The SMILES string of the molecule is CC(=O)NC(COCc1ccccc1)c1ccccc1. The highest BCUT2D eigenvalue weighted by atomic mass is 16.5. The summed E-state index contributed by atoms with van der Waals surface area (Å²) in [5.41, 5.74) is 2.18. The van der Waals surface area contributed by atoms with E-state index in [2.05, 4.69) is 5.32 Å². The van der Waals surface area contributed by atoms with Crippen LogP contribution in [0.2, 0.25) is 0 Å². The van der Waals surface area contributed by atoms with Crippen LogP contribution in [0.1, 0.15) is 24.1 Å². The Kier molecular flexibility index (Phi) is 5.33. The summed E-state index contributed by atoms with van der Waals surface area (Å²) in [6.45, 7) is 2.52. The number of amides is 1. The van der Waals surface area contributed by atoms with E-state index in [1.54, 1.807) is 0 Å². The average Bonchev–Trinajstić information content (AvgIpc) is 2.48. The second-order valence-electron chi connectivity index (χ2n) is 4.66. The van der Waals surface area contributed by atoms with Gasteiger partial charge in [-0.15, -0.1) is 0 Å². The molecule has 0 heterocycles. The minimum atomic E-state index is -0.114. The third-order valence-corrected chi connectivity index (χ3v) is 2.98. The van der Waals surface area contributed by atoms with Crippen LogP contribution in [-0.2, 0) is 16.1 Å². The summed E-state index contributed by atoms with van der Waals surface area (Å²) in [6.07, 6.45) is 0. The van der Waals surface area contributed by atoms with Crippen LogP contribution in [0.3, 0.4) is 0 Å². The fourth-order valence-corrected chi connectivity index (χ4v) is 2.02. The van der Waals surface area contributed by atoms with Gasteiger partial charge in [0.2, 0.25) is 5.91 Å². The summed E-state index contributed by atoms with van der Waals surface area (Å²) in [5.74, 6) is -0.0536. The molecule has 1 atom stereocenters. The molecule has 3 nitrogen and oxygen atoms in total. The maximum absolute atomic E-state index is 11.3. The smallest absolute Gasteiger partial charge is 0.217 e. The first kappa shape index (κ1) is 14.3. The first-order valence-electron chi connectivity index (χ1n) is 6.69. The van der Waals surface area contributed by atoms with Gasteiger partial charge in [-0.05, 0) is 11.1 Å². The molecular weight excluding hydrogens is 250 g/mol. The molecule has 1 N–H and O–H groups in total. The first-order valence-corrected chi connectivity index (χ1v) is 6.69. The molecule has 0 saturated carbocycles. The van der Waals surface area contributed by atoms with Gasteiger partial charge in [-0.3, -0.25) is 4.79 Å². The fraction of sp³-hybridized carbons (Fsp3) is 0.235. The summed E-state index contributed by atoms with van der Waals surface area (Å²) in [4.78, 5) is 11.3. The molecule has 2 aromatic rings. The van der Waals surface area contributed by atoms with Crippen molar-refractivity contribution in [2.75, 3.05) is 6.61 Å². The quantitative estimate of drug-likeness (QED) is 0.875. The van der Waals surface area contributed by atoms with Gasteiger partial charge in [-0.2, -0.15) is 0 Å². The lowest BCUT2D eigenvalue weighted by atomic mass is 10.1. The Hall–Kier alpha value is -2.13. The minimum Gasteiger partial charge on any atom is -0.374 e. The number of ether oxygens (including phenoxy) is 1. The van der Waals surface area contributed by atoms with E-state index in [1.807, 2.05) is 60.7 Å². The van der Waals surface area contributed by atoms with Gasteiger partial charge in [-0.1, -0.05) is 60.7 Å². The molecular formula is C17H19NO2. The number of nitrogens with one attached hydrogen (secondary N) is 1. The summed E-state index contributed by atoms with van der Waals surface area (Å²) in [7, 11) is 0. The first-order chi connectivity index (χ1) is 9.75. The van der Waals surface area contributed by atoms with E-state index in [4.69, 9.17) is 4.74 Å². The van der Waals surface area contributed by atoms with Gasteiger partial charge in [0.25, 0.3) is 0 Å². The van der Waals surface area contributed by atoms with Gasteiger partial charge in [0.1, 0.15) is 0 Å². The lowest BCUT2D eigenvalue weighted by Gasteiger charge is -2.18. The van der Waals surface area contributed by atoms with Gasteiger partial charge in [-0.25, -0.2) is 0 Å². The molecule has 0 aromatic heterocycles. The maximum Gasteiger partial charge on any atom is 0.217 e. The van der Waals surface area contributed by atoms with Crippen molar-refractivity contribution in [1.29, 1.82) is 0 Å². The molecule has 0 bridgehead atoms. The zero-order valence-electron chi connectivity index (χ0n) is 11.6. The van der Waals surface area contributed by atoms with E-state index in [0.29, 0.717) is 13.2 Å². The normalized spacial score (nSPS) is 11.8. The van der Waals surface area contributed by atoms with E-state index >= 15 is 0 Å². The zero-order chi connectivity index (χ0) is 14.2. The second-order valence-corrected chi connectivity index (χ2v) is 4.66. The standard InChI is InChI=1S/C17H19NO2/c1-14(19)18-17(16-10-6-3-7-11-16)13-20-12-15-8-4-2-5-9-15/h2-11,17H,12-13H2,1H3,(H,18,19). The highest BCUT2D eigenvalue weighted by Gasteiger charge is 2.12. The van der Waals surface area contributed by atoms with Crippen molar-refractivity contribution in [2.45, 2.75) is 19.6 Å². The van der Waals surface area contributed by atoms with E-state index in [9.17, 15) is 4.79 Å². The van der Waals surface area contributed by atoms with Crippen LogP contribution in [-0.4, -0.2) is 12.5 Å². The van der Waals surface area contributed by atoms with Crippen LogP contribution < -0.4 is 5.32 Å². The largest absolute Gasteiger partial charge is 0.374 e. The summed E-state index contributed by atoms with van der Waals surface area (Å²) < 4.78 is 5.72. The molecule has 0 aliphatic rings. The summed E-state index contributed by atoms with van der Waals surface area (Å²) >= 11 is 0. The molecule has 1 amide bonds. The number of hydrogen-bond donors (Lipinski definition) is 1. The van der Waals surface area contributed by atoms with Gasteiger partial charge >= 0.3 is 0 Å². The van der Waals surface area contributed by atoms with Gasteiger partial charge < -0.3 is 10.1 Å². The van der Waals surface area contributed by atoms with Crippen LogP contribution in [0.25, 0.3) is 0 Å². The number of carbonyl (C=O) groups is 1. The van der Waals surface area contributed by atoms with Crippen molar-refractivity contribution in [3.05, 3.63) is 71.8 Å². The monoisotopic (exact) mass is 269 g/mol. The Morgan fingerprint density at radius 1 is 1.05 bits per heavy atom. The third kappa shape index (κ3) is 4.52. The molecule has 20 heavy (non-hydrogen) atoms. The Morgan fingerprint density at radius 3 is 2.25 bits per heavy atom. The van der Waals surface area contributed by atoms with E-state index in [1.165, 1.54) is 6.92 Å². The van der Waals surface area contributed by atoms with Crippen LogP contribution in [0, 0.1) is 0 Å². The number of benzene rings is 2. The van der Waals surface area contributed by atoms with Crippen LogP contribution in [0.4, 0.5) is 0 Å². The highest BCUT2D eigenvalue weighted by Crippen LogP contribution is 2.14. The number of carbonyl (C=O) groups excluding carboxylic acids is 1. The number of hydrogen-bond acceptors (Lipinski definition) is 2. The molecule has 2 rings (SSSR count). The molecule has 0 aliphatic carbocycles. The van der Waals surface area contributed by atoms with Crippen molar-refractivity contribution in [2.24, 2.45) is 0 Å². The van der Waals surface area contributed by atoms with E-state index < -0.39 is 0 Å². The second kappa shape index (κ2) is 7.46. The molecule has 0 saturated heterocycles. The van der Waals surface area contributed by atoms with E-state index in [-0.39, 0.29) is 11.9 Å². The molecule has 104 valence electrons. The Bertz CT molecular complexity index is 525. The third-order valence-electron chi connectivity index (χ3n) is 2.98. The number of rotatable bonds is 6. The predicted molar refractivity (Wildman–Crippen MR) is 79.1 cm³/mol. The van der Waals surface area contributed by atoms with Crippen LogP contribution in [0.5, 0.6) is 0 Å². The van der Waals surface area contributed by atoms with Crippen molar-refractivity contribution in [1.82, 2.24) is 5.32 Å². The minimum absolute atomic E-state index is 0.0536. The molecule has 1 unspecified atom stereocenters. The average molecular weight is 269 g/mol. The Balaban J connectivity index is 1.93. The zero-order valence-corrected chi connectivity index (χ0v) is 11.6. The topological polar surface area (TPSA) is 38.3 Å².